The van der Waals surface area contributed by atoms with E-state index in [9.17, 15) is 0 Å². The quantitative estimate of drug-likeness (QED) is 0.410. The Morgan fingerprint density at radius 2 is 1.60 bits per heavy atom. The lowest BCUT2D eigenvalue weighted by molar-refractivity contribution is 0.112. The van der Waals surface area contributed by atoms with Crippen LogP contribution < -0.4 is 0 Å². The topological polar surface area (TPSA) is 63.0 Å². The summed E-state index contributed by atoms with van der Waals surface area (Å²) in [6.45, 7) is 8.94. The van der Waals surface area contributed by atoms with Crippen molar-refractivity contribution in [1.29, 1.82) is 0 Å². The Bertz CT molecular complexity index is 1240. The fraction of sp³-hybridized carbons (Fsp3) is 0.286. The molecule has 7 heteroatoms. The molecule has 0 bridgehead atoms. The summed E-state index contributed by atoms with van der Waals surface area (Å²) in [7, 11) is 0. The predicted molar refractivity (Wildman–Crippen MR) is 138 cm³/mol. The number of piperazine rings is 1. The van der Waals surface area contributed by atoms with Gasteiger partial charge in [-0.25, -0.2) is 0 Å². The zero-order chi connectivity index (χ0) is 24.0. The summed E-state index contributed by atoms with van der Waals surface area (Å²) in [6, 6.07) is 22.7. The van der Waals surface area contributed by atoms with Gasteiger partial charge in [0.25, 0.3) is 0 Å². The van der Waals surface area contributed by atoms with Crippen molar-refractivity contribution >= 4 is 6.08 Å². The molecule has 1 aliphatic rings. The Hall–Kier alpha value is -3.68. The van der Waals surface area contributed by atoms with Gasteiger partial charge in [-0.05, 0) is 53.1 Å². The second-order valence-electron chi connectivity index (χ2n) is 9.00. The summed E-state index contributed by atoms with van der Waals surface area (Å²) in [6.07, 6.45) is 6.30. The summed E-state index contributed by atoms with van der Waals surface area (Å²) in [5.74, 6) is 0.804. The highest BCUT2D eigenvalue weighted by atomic mass is 15.6. The minimum absolute atomic E-state index is 0.118. The Morgan fingerprint density at radius 1 is 0.857 bits per heavy atom. The molecule has 0 N–H and O–H groups in total. The van der Waals surface area contributed by atoms with Gasteiger partial charge >= 0.3 is 0 Å². The Labute approximate surface area is 206 Å². The molecule has 0 aliphatic carbocycles. The van der Waals surface area contributed by atoms with Gasteiger partial charge in [-0.2, -0.15) is 4.68 Å². The number of aryl methyl sites for hydroxylation is 2. The van der Waals surface area contributed by atoms with E-state index in [-0.39, 0.29) is 6.04 Å². The van der Waals surface area contributed by atoms with Gasteiger partial charge in [-0.1, -0.05) is 66.7 Å². The first-order valence-electron chi connectivity index (χ1n) is 12.1. The molecular formula is C28H31N7. The van der Waals surface area contributed by atoms with Crippen molar-refractivity contribution in [3.63, 3.8) is 0 Å². The van der Waals surface area contributed by atoms with Crippen LogP contribution in [0, 0.1) is 13.8 Å². The van der Waals surface area contributed by atoms with E-state index in [1.807, 2.05) is 29.1 Å². The first kappa shape index (κ1) is 23.1. The molecule has 1 atom stereocenters. The van der Waals surface area contributed by atoms with Crippen LogP contribution in [0.4, 0.5) is 0 Å². The van der Waals surface area contributed by atoms with Crippen LogP contribution in [-0.2, 0) is 0 Å². The Morgan fingerprint density at radius 3 is 2.31 bits per heavy atom. The number of nitrogens with zero attached hydrogens (tertiary/aromatic N) is 7. The van der Waals surface area contributed by atoms with Gasteiger partial charge in [0.1, 0.15) is 6.04 Å². The van der Waals surface area contributed by atoms with Crippen molar-refractivity contribution in [3.8, 4) is 5.69 Å². The summed E-state index contributed by atoms with van der Waals surface area (Å²) < 4.78 is 1.90. The summed E-state index contributed by atoms with van der Waals surface area (Å²) in [5.41, 5.74) is 5.53. The van der Waals surface area contributed by atoms with E-state index in [4.69, 9.17) is 4.98 Å². The maximum absolute atomic E-state index is 4.72. The van der Waals surface area contributed by atoms with Gasteiger partial charge in [0.05, 0.1) is 11.4 Å². The Balaban J connectivity index is 1.37. The number of hydrogen-bond donors (Lipinski definition) is 0. The highest BCUT2D eigenvalue weighted by Gasteiger charge is 2.32. The third-order valence-electron chi connectivity index (χ3n) is 6.60. The van der Waals surface area contributed by atoms with Crippen LogP contribution in [0.25, 0.3) is 11.8 Å². The molecule has 0 unspecified atom stereocenters. The van der Waals surface area contributed by atoms with E-state index in [1.165, 1.54) is 5.56 Å². The van der Waals surface area contributed by atoms with Crippen LogP contribution in [0.2, 0.25) is 0 Å². The van der Waals surface area contributed by atoms with Gasteiger partial charge in [-0.3, -0.25) is 14.8 Å². The number of tetrazole rings is 1. The summed E-state index contributed by atoms with van der Waals surface area (Å²) >= 11 is 0. The first-order chi connectivity index (χ1) is 17.2. The second-order valence-corrected chi connectivity index (χ2v) is 9.00. The SMILES string of the molecule is Cc1cccc(C)c1-n1nnnc1[C@H](c1ccccn1)N1CCN(CC=Cc2ccccc2)CC1. The fourth-order valence-corrected chi connectivity index (χ4v) is 4.79. The smallest absolute Gasteiger partial charge is 0.179 e. The maximum Gasteiger partial charge on any atom is 0.179 e. The lowest BCUT2D eigenvalue weighted by Gasteiger charge is -2.38. The van der Waals surface area contributed by atoms with E-state index in [0.29, 0.717) is 0 Å². The van der Waals surface area contributed by atoms with Crippen LogP contribution >= 0.6 is 0 Å². The van der Waals surface area contributed by atoms with Crippen LogP contribution in [0.15, 0.2) is 79.0 Å². The van der Waals surface area contributed by atoms with Gasteiger partial charge in [0.15, 0.2) is 5.82 Å². The van der Waals surface area contributed by atoms with Gasteiger partial charge in [-0.15, -0.1) is 5.10 Å². The zero-order valence-corrected chi connectivity index (χ0v) is 20.3. The molecular weight excluding hydrogens is 434 g/mol. The molecule has 0 radical (unpaired) electrons. The molecule has 178 valence electrons. The third-order valence-corrected chi connectivity index (χ3v) is 6.60. The van der Waals surface area contributed by atoms with Crippen LogP contribution in [0.1, 0.15) is 34.3 Å². The number of para-hydroxylation sites is 1. The van der Waals surface area contributed by atoms with E-state index < -0.39 is 0 Å². The van der Waals surface area contributed by atoms with Crippen LogP contribution in [0.5, 0.6) is 0 Å². The lowest BCUT2D eigenvalue weighted by Crippen LogP contribution is -2.48. The molecule has 1 aliphatic heterocycles. The molecule has 5 rings (SSSR count). The molecule has 0 saturated carbocycles. The van der Waals surface area contributed by atoms with Crippen LogP contribution in [0.3, 0.4) is 0 Å². The number of benzene rings is 2. The molecule has 2 aromatic heterocycles. The molecule has 7 nitrogen and oxygen atoms in total. The highest BCUT2D eigenvalue weighted by molar-refractivity contribution is 5.49. The molecule has 35 heavy (non-hydrogen) atoms. The van der Waals surface area contributed by atoms with E-state index in [1.54, 1.807) is 0 Å². The molecule has 1 saturated heterocycles. The van der Waals surface area contributed by atoms with E-state index in [2.05, 4.69) is 99.9 Å². The highest BCUT2D eigenvalue weighted by Crippen LogP contribution is 2.29. The summed E-state index contributed by atoms with van der Waals surface area (Å²) in [4.78, 5) is 9.66. The predicted octanol–water partition coefficient (Wildman–Crippen LogP) is 4.09. The zero-order valence-electron chi connectivity index (χ0n) is 20.3. The van der Waals surface area contributed by atoms with E-state index >= 15 is 0 Å². The third kappa shape index (κ3) is 5.21. The van der Waals surface area contributed by atoms with E-state index in [0.717, 1.165) is 61.1 Å². The average molecular weight is 466 g/mol. The van der Waals surface area contributed by atoms with Crippen molar-refractivity contribution in [1.82, 2.24) is 35.0 Å². The van der Waals surface area contributed by atoms with Gasteiger partial charge in [0.2, 0.25) is 0 Å². The number of pyridine rings is 1. The lowest BCUT2D eigenvalue weighted by atomic mass is 10.1. The molecule has 4 aromatic rings. The largest absolute Gasteiger partial charge is 0.297 e. The molecule has 0 spiro atoms. The number of rotatable bonds is 7. The average Bonchev–Trinajstić information content (AvgIpc) is 3.35. The number of aromatic nitrogens is 5. The molecule has 3 heterocycles. The monoisotopic (exact) mass is 465 g/mol. The molecule has 1 fully saturated rings. The summed E-state index contributed by atoms with van der Waals surface area (Å²) in [5, 5.41) is 13.0. The minimum atomic E-state index is -0.118. The molecule has 0 amide bonds. The van der Waals surface area contributed by atoms with Crippen LogP contribution in [-0.4, -0.2) is 67.7 Å². The number of hydrogen-bond acceptors (Lipinski definition) is 6. The minimum Gasteiger partial charge on any atom is -0.297 e. The van der Waals surface area contributed by atoms with Gasteiger partial charge < -0.3 is 0 Å². The first-order valence-corrected chi connectivity index (χ1v) is 12.1. The van der Waals surface area contributed by atoms with Crippen molar-refractivity contribution in [2.24, 2.45) is 0 Å². The van der Waals surface area contributed by atoms with Crippen molar-refractivity contribution in [3.05, 3.63) is 107 Å². The molecule has 2 aromatic carbocycles. The van der Waals surface area contributed by atoms with Crippen molar-refractivity contribution in [2.45, 2.75) is 19.9 Å². The van der Waals surface area contributed by atoms with Gasteiger partial charge in [0, 0.05) is 38.9 Å². The Kier molecular flexibility index (Phi) is 7.07. The fourth-order valence-electron chi connectivity index (χ4n) is 4.79. The van der Waals surface area contributed by atoms with Crippen molar-refractivity contribution in [2.75, 3.05) is 32.7 Å². The maximum atomic E-state index is 4.72. The second kappa shape index (κ2) is 10.7. The standard InChI is InChI=1S/C28H31N7/c1-22-10-8-11-23(2)26(22)35-28(30-31-32-35)27(25-15-6-7-16-29-25)34-20-18-33(19-21-34)17-9-14-24-12-4-3-5-13-24/h3-16,27H,17-21H2,1-2H3/t27-/m0/s1. The normalized spacial score (nSPS) is 16.1. The van der Waals surface area contributed by atoms with Crippen molar-refractivity contribution < 1.29 is 0 Å².